The van der Waals surface area contributed by atoms with Gasteiger partial charge in [-0.2, -0.15) is 0 Å². The number of benzene rings is 1. The van der Waals surface area contributed by atoms with Crippen LogP contribution in [0.5, 0.6) is 0 Å². The van der Waals surface area contributed by atoms with Gasteiger partial charge in [-0.05, 0) is 44.7 Å². The van der Waals surface area contributed by atoms with Crippen molar-refractivity contribution in [3.8, 4) is 0 Å². The molecule has 1 saturated carbocycles. The molecule has 1 fully saturated rings. The van der Waals surface area contributed by atoms with Gasteiger partial charge in [0.15, 0.2) is 0 Å². The topological polar surface area (TPSA) is 29.3 Å². The summed E-state index contributed by atoms with van der Waals surface area (Å²) < 4.78 is 27.0. The molecule has 4 heteroatoms. The van der Waals surface area contributed by atoms with Crippen molar-refractivity contribution < 1.29 is 8.78 Å². The summed E-state index contributed by atoms with van der Waals surface area (Å²) in [6, 6.07) is 4.01. The molecule has 0 aromatic heterocycles. The van der Waals surface area contributed by atoms with Gasteiger partial charge in [-0.15, -0.1) is 0 Å². The van der Waals surface area contributed by atoms with Gasteiger partial charge in [-0.1, -0.05) is 13.0 Å². The van der Waals surface area contributed by atoms with Crippen molar-refractivity contribution in [2.45, 2.75) is 44.7 Å². The lowest BCUT2D eigenvalue weighted by molar-refractivity contribution is 0.124. The molecule has 0 amide bonds. The molecule has 1 unspecified atom stereocenters. The number of nitrogens with two attached hydrogens (primary N) is 1. The van der Waals surface area contributed by atoms with E-state index in [4.69, 9.17) is 5.73 Å². The fraction of sp³-hybridized carbons (Fsp3) is 0.625. The maximum absolute atomic E-state index is 14.0. The molecular weight excluding hydrogens is 258 g/mol. The largest absolute Gasteiger partial charge is 0.329 e. The molecule has 2 nitrogen and oxygen atoms in total. The summed E-state index contributed by atoms with van der Waals surface area (Å²) in [5.74, 6) is -0.272. The fourth-order valence-electron chi connectivity index (χ4n) is 3.19. The smallest absolute Gasteiger partial charge is 0.130 e. The van der Waals surface area contributed by atoms with E-state index in [0.29, 0.717) is 18.2 Å². The van der Waals surface area contributed by atoms with Crippen LogP contribution < -0.4 is 5.73 Å². The van der Waals surface area contributed by atoms with Gasteiger partial charge in [0.05, 0.1) is 0 Å². The molecule has 1 aromatic carbocycles. The first-order chi connectivity index (χ1) is 9.52. The van der Waals surface area contributed by atoms with Crippen LogP contribution in [0.15, 0.2) is 18.2 Å². The van der Waals surface area contributed by atoms with Crippen molar-refractivity contribution in [3.05, 3.63) is 35.4 Å². The normalized spacial score (nSPS) is 24.9. The summed E-state index contributed by atoms with van der Waals surface area (Å²) >= 11 is 0. The van der Waals surface area contributed by atoms with Gasteiger partial charge in [-0.25, -0.2) is 8.78 Å². The highest BCUT2D eigenvalue weighted by Gasteiger charge is 2.28. The maximum Gasteiger partial charge on any atom is 0.130 e. The molecule has 2 N–H and O–H groups in total. The van der Waals surface area contributed by atoms with E-state index in [-0.39, 0.29) is 6.04 Å². The second-order valence-electron chi connectivity index (χ2n) is 6.00. The molecule has 0 saturated heterocycles. The molecule has 112 valence electrons. The van der Waals surface area contributed by atoms with E-state index in [2.05, 4.69) is 11.8 Å². The number of rotatable bonds is 4. The Morgan fingerprint density at radius 2 is 1.90 bits per heavy atom. The van der Waals surface area contributed by atoms with Crippen molar-refractivity contribution in [2.75, 3.05) is 13.6 Å². The van der Waals surface area contributed by atoms with Crippen LogP contribution in [0.1, 0.15) is 44.2 Å². The van der Waals surface area contributed by atoms with Crippen LogP contribution in [0, 0.1) is 17.6 Å². The van der Waals surface area contributed by atoms with Crippen LogP contribution in [0.4, 0.5) is 8.78 Å². The lowest BCUT2D eigenvalue weighted by Crippen LogP contribution is -2.40. The second kappa shape index (κ2) is 6.64. The van der Waals surface area contributed by atoms with E-state index in [1.54, 1.807) is 0 Å². The molecule has 0 radical (unpaired) electrons. The van der Waals surface area contributed by atoms with Crippen LogP contribution in [0.2, 0.25) is 0 Å². The zero-order valence-electron chi connectivity index (χ0n) is 12.3. The average molecular weight is 282 g/mol. The minimum absolute atomic E-state index is 0.186. The Morgan fingerprint density at radius 1 is 1.25 bits per heavy atom. The van der Waals surface area contributed by atoms with Crippen LogP contribution in [-0.2, 0) is 0 Å². The Morgan fingerprint density at radius 3 is 2.45 bits per heavy atom. The van der Waals surface area contributed by atoms with Crippen molar-refractivity contribution >= 4 is 0 Å². The van der Waals surface area contributed by atoms with Crippen LogP contribution >= 0.6 is 0 Å². The number of hydrogen-bond donors (Lipinski definition) is 1. The second-order valence-corrected chi connectivity index (χ2v) is 6.00. The van der Waals surface area contributed by atoms with Gasteiger partial charge in [-0.3, -0.25) is 4.90 Å². The molecule has 0 bridgehead atoms. The zero-order chi connectivity index (χ0) is 14.7. The maximum atomic E-state index is 14.0. The summed E-state index contributed by atoms with van der Waals surface area (Å²) in [6.07, 6.45) is 4.66. The van der Waals surface area contributed by atoms with Gasteiger partial charge < -0.3 is 5.73 Å². The summed E-state index contributed by atoms with van der Waals surface area (Å²) in [5, 5.41) is 0. The molecular formula is C16H24F2N2. The number of likely N-dealkylation sites (N-methyl/N-ethyl adjacent to an activating group) is 1. The van der Waals surface area contributed by atoms with E-state index in [1.807, 2.05) is 7.05 Å². The molecule has 0 heterocycles. The third-order valence-corrected chi connectivity index (χ3v) is 4.60. The number of halogens is 2. The highest BCUT2D eigenvalue weighted by Crippen LogP contribution is 2.31. The van der Waals surface area contributed by atoms with Crippen LogP contribution in [0.3, 0.4) is 0 Å². The molecule has 0 spiro atoms. The zero-order valence-corrected chi connectivity index (χ0v) is 12.3. The van der Waals surface area contributed by atoms with E-state index < -0.39 is 11.6 Å². The van der Waals surface area contributed by atoms with Crippen molar-refractivity contribution in [1.29, 1.82) is 0 Å². The van der Waals surface area contributed by atoms with Crippen LogP contribution in [-0.4, -0.2) is 24.5 Å². The highest BCUT2D eigenvalue weighted by molar-refractivity contribution is 5.22. The minimum Gasteiger partial charge on any atom is -0.329 e. The Kier molecular flexibility index (Phi) is 5.11. The van der Waals surface area contributed by atoms with Gasteiger partial charge in [0.25, 0.3) is 0 Å². The third-order valence-electron chi connectivity index (χ3n) is 4.60. The summed E-state index contributed by atoms with van der Waals surface area (Å²) in [6.45, 7) is 2.61. The SMILES string of the molecule is CC1CCC(N(C)C(CN)c2ccc(F)cc2F)CC1. The minimum atomic E-state index is -0.545. The van der Waals surface area contributed by atoms with Crippen molar-refractivity contribution in [2.24, 2.45) is 11.7 Å². The summed E-state index contributed by atoms with van der Waals surface area (Å²) in [5.41, 5.74) is 6.34. The van der Waals surface area contributed by atoms with E-state index >= 15 is 0 Å². The molecule has 1 aliphatic rings. The molecule has 2 rings (SSSR count). The average Bonchev–Trinajstić information content (AvgIpc) is 2.42. The van der Waals surface area contributed by atoms with Crippen molar-refractivity contribution in [3.63, 3.8) is 0 Å². The van der Waals surface area contributed by atoms with E-state index in [0.717, 1.165) is 24.8 Å². The Bertz CT molecular complexity index is 442. The Hall–Kier alpha value is -1.00. The van der Waals surface area contributed by atoms with Gasteiger partial charge in [0, 0.05) is 30.3 Å². The lowest BCUT2D eigenvalue weighted by Gasteiger charge is -2.38. The first kappa shape index (κ1) is 15.4. The predicted octanol–water partition coefficient (Wildman–Crippen LogP) is 3.48. The number of hydrogen-bond acceptors (Lipinski definition) is 2. The highest BCUT2D eigenvalue weighted by atomic mass is 19.1. The van der Waals surface area contributed by atoms with Gasteiger partial charge >= 0.3 is 0 Å². The van der Waals surface area contributed by atoms with Crippen LogP contribution in [0.25, 0.3) is 0 Å². The first-order valence-corrected chi connectivity index (χ1v) is 7.40. The number of nitrogens with zero attached hydrogens (tertiary/aromatic N) is 1. The van der Waals surface area contributed by atoms with E-state index in [9.17, 15) is 8.78 Å². The lowest BCUT2D eigenvalue weighted by atomic mass is 9.86. The van der Waals surface area contributed by atoms with Crippen molar-refractivity contribution in [1.82, 2.24) is 4.90 Å². The predicted molar refractivity (Wildman–Crippen MR) is 77.3 cm³/mol. The monoisotopic (exact) mass is 282 g/mol. The quantitative estimate of drug-likeness (QED) is 0.916. The Balaban J connectivity index is 2.14. The van der Waals surface area contributed by atoms with E-state index in [1.165, 1.54) is 25.0 Å². The first-order valence-electron chi connectivity index (χ1n) is 7.40. The standard InChI is InChI=1S/C16H24F2N2/c1-11-3-6-13(7-4-11)20(2)16(10-19)14-8-5-12(17)9-15(14)18/h5,8-9,11,13,16H,3-4,6-7,10,19H2,1-2H3. The summed E-state index contributed by atoms with van der Waals surface area (Å²) in [4.78, 5) is 2.17. The molecule has 1 aliphatic carbocycles. The molecule has 1 aromatic rings. The summed E-state index contributed by atoms with van der Waals surface area (Å²) in [7, 11) is 2.00. The molecule has 20 heavy (non-hydrogen) atoms. The molecule has 0 aliphatic heterocycles. The fourth-order valence-corrected chi connectivity index (χ4v) is 3.19. The Labute approximate surface area is 120 Å². The third kappa shape index (κ3) is 3.36. The van der Waals surface area contributed by atoms with Gasteiger partial charge in [0.2, 0.25) is 0 Å². The molecule has 1 atom stereocenters. The van der Waals surface area contributed by atoms with Gasteiger partial charge in [0.1, 0.15) is 11.6 Å².